The maximum atomic E-state index is 12.9. The molecule has 0 atom stereocenters. The first-order valence-electron chi connectivity index (χ1n) is 12.8. The van der Waals surface area contributed by atoms with Gasteiger partial charge in [0.2, 0.25) is 0 Å². The zero-order valence-corrected chi connectivity index (χ0v) is 20.8. The molecule has 2 heterocycles. The minimum absolute atomic E-state index is 0.100. The third kappa shape index (κ3) is 5.60. The van der Waals surface area contributed by atoms with Crippen LogP contribution in [0.1, 0.15) is 34.3 Å². The minimum Gasteiger partial charge on any atom is -0.446 e. The predicted molar refractivity (Wildman–Crippen MR) is 142 cm³/mol. The van der Waals surface area contributed by atoms with E-state index in [1.807, 2.05) is 71.6 Å². The number of amides is 2. The molecule has 5 rings (SSSR count). The molecule has 1 N–H and O–H groups in total. The van der Waals surface area contributed by atoms with E-state index in [-0.39, 0.29) is 12.0 Å². The Morgan fingerprint density at radius 2 is 1.67 bits per heavy atom. The number of aryl methyl sites for hydroxylation is 1. The molecule has 3 aromatic rings. The number of ether oxygens (including phenoxy) is 1. The Morgan fingerprint density at radius 1 is 0.917 bits per heavy atom. The topological polar surface area (TPSA) is 61.9 Å². The van der Waals surface area contributed by atoms with Gasteiger partial charge in [-0.15, -0.1) is 0 Å². The Morgan fingerprint density at radius 3 is 2.47 bits per heavy atom. The molecule has 6 heteroatoms. The summed E-state index contributed by atoms with van der Waals surface area (Å²) >= 11 is 0. The van der Waals surface area contributed by atoms with Gasteiger partial charge >= 0.3 is 6.09 Å². The van der Waals surface area contributed by atoms with Crippen LogP contribution in [0.2, 0.25) is 0 Å². The quantitative estimate of drug-likeness (QED) is 0.512. The number of hydrogen-bond acceptors (Lipinski definition) is 4. The summed E-state index contributed by atoms with van der Waals surface area (Å²) in [6.07, 6.45) is 2.00. The zero-order valence-electron chi connectivity index (χ0n) is 20.8. The van der Waals surface area contributed by atoms with Crippen molar-refractivity contribution in [1.82, 2.24) is 9.80 Å². The van der Waals surface area contributed by atoms with Crippen molar-refractivity contribution in [2.45, 2.75) is 32.3 Å². The predicted octanol–water partition coefficient (Wildman–Crippen LogP) is 5.37. The van der Waals surface area contributed by atoms with E-state index in [9.17, 15) is 9.59 Å². The van der Waals surface area contributed by atoms with Gasteiger partial charge in [0.25, 0.3) is 5.91 Å². The number of piperidine rings is 1. The lowest BCUT2D eigenvalue weighted by Gasteiger charge is -2.34. The number of likely N-dealkylation sites (tertiary alicyclic amines) is 1. The van der Waals surface area contributed by atoms with Crippen molar-refractivity contribution in [3.05, 3.63) is 89.5 Å². The van der Waals surface area contributed by atoms with Crippen LogP contribution in [0.15, 0.2) is 72.8 Å². The van der Waals surface area contributed by atoms with E-state index in [0.717, 1.165) is 74.4 Å². The van der Waals surface area contributed by atoms with Crippen LogP contribution in [-0.2, 0) is 11.2 Å². The van der Waals surface area contributed by atoms with Crippen LogP contribution >= 0.6 is 0 Å². The Balaban J connectivity index is 1.08. The highest BCUT2D eigenvalue weighted by molar-refractivity contribution is 5.96. The van der Waals surface area contributed by atoms with Crippen LogP contribution in [0.25, 0.3) is 11.1 Å². The van der Waals surface area contributed by atoms with Crippen molar-refractivity contribution >= 4 is 17.7 Å². The highest BCUT2D eigenvalue weighted by Gasteiger charge is 2.26. The van der Waals surface area contributed by atoms with Crippen molar-refractivity contribution in [2.75, 3.05) is 38.0 Å². The summed E-state index contributed by atoms with van der Waals surface area (Å²) in [5.41, 5.74) is 5.98. The third-order valence-electron chi connectivity index (χ3n) is 7.17. The molecule has 0 saturated carbocycles. The number of carbonyl (C=O) groups is 2. The van der Waals surface area contributed by atoms with Gasteiger partial charge < -0.3 is 14.5 Å². The van der Waals surface area contributed by atoms with Gasteiger partial charge in [-0.25, -0.2) is 4.79 Å². The first kappa shape index (κ1) is 24.1. The van der Waals surface area contributed by atoms with E-state index in [0.29, 0.717) is 0 Å². The van der Waals surface area contributed by atoms with E-state index in [1.54, 1.807) is 0 Å². The Labute approximate surface area is 212 Å². The summed E-state index contributed by atoms with van der Waals surface area (Å²) in [6.45, 7) is 6.13. The van der Waals surface area contributed by atoms with Gasteiger partial charge in [-0.1, -0.05) is 66.2 Å². The molecule has 186 valence electrons. The largest absolute Gasteiger partial charge is 0.446 e. The Bertz CT molecular complexity index is 1220. The molecule has 0 bridgehead atoms. The van der Waals surface area contributed by atoms with Crippen molar-refractivity contribution in [3.8, 4) is 11.1 Å². The molecule has 0 aliphatic carbocycles. The summed E-state index contributed by atoms with van der Waals surface area (Å²) in [5.74, 6) is 0.141. The van der Waals surface area contributed by atoms with Crippen molar-refractivity contribution in [3.63, 3.8) is 0 Å². The molecular weight excluding hydrogens is 450 g/mol. The van der Waals surface area contributed by atoms with Gasteiger partial charge in [0, 0.05) is 43.9 Å². The standard InChI is InChI=1S/C30H33N3O3/c1-22-11-12-27-24(21-22)13-18-33(29(27)34)20-19-32-16-14-25(15-17-32)36-30(35)31-28-10-6-5-9-26(28)23-7-3-2-4-8-23/h2-12,21,25H,13-20H2,1H3,(H,31,35). The monoisotopic (exact) mass is 483 g/mol. The zero-order chi connectivity index (χ0) is 24.9. The highest BCUT2D eigenvalue weighted by atomic mass is 16.6. The molecule has 3 aromatic carbocycles. The van der Waals surface area contributed by atoms with Crippen LogP contribution < -0.4 is 5.32 Å². The molecule has 36 heavy (non-hydrogen) atoms. The number of anilines is 1. The molecule has 2 amide bonds. The van der Waals surface area contributed by atoms with Crippen LogP contribution in [0.5, 0.6) is 0 Å². The van der Waals surface area contributed by atoms with Gasteiger partial charge in [-0.2, -0.15) is 0 Å². The normalized spacial score (nSPS) is 16.5. The lowest BCUT2D eigenvalue weighted by atomic mass is 9.97. The maximum Gasteiger partial charge on any atom is 0.411 e. The number of carbonyl (C=O) groups excluding carboxylic acids is 2. The van der Waals surface area contributed by atoms with E-state index in [1.165, 1.54) is 11.1 Å². The summed E-state index contributed by atoms with van der Waals surface area (Å²) in [4.78, 5) is 29.9. The molecule has 0 unspecified atom stereocenters. The van der Waals surface area contributed by atoms with Crippen LogP contribution in [-0.4, -0.2) is 60.6 Å². The molecule has 0 radical (unpaired) electrons. The van der Waals surface area contributed by atoms with Gasteiger partial charge in [0.15, 0.2) is 0 Å². The number of nitrogens with zero attached hydrogens (tertiary/aromatic N) is 2. The van der Waals surface area contributed by atoms with Gasteiger partial charge in [0.05, 0.1) is 5.69 Å². The maximum absolute atomic E-state index is 12.9. The highest BCUT2D eigenvalue weighted by Crippen LogP contribution is 2.28. The van der Waals surface area contributed by atoms with Crippen LogP contribution in [0, 0.1) is 6.92 Å². The average Bonchev–Trinajstić information content (AvgIpc) is 2.90. The van der Waals surface area contributed by atoms with Crippen molar-refractivity contribution in [2.24, 2.45) is 0 Å². The first-order valence-corrected chi connectivity index (χ1v) is 12.8. The summed E-state index contributed by atoms with van der Waals surface area (Å²) in [6, 6.07) is 23.9. The number of nitrogens with one attached hydrogen (secondary N) is 1. The molecule has 2 aliphatic heterocycles. The second-order valence-corrected chi connectivity index (χ2v) is 9.69. The second kappa shape index (κ2) is 11.0. The van der Waals surface area contributed by atoms with E-state index in [4.69, 9.17) is 4.74 Å². The van der Waals surface area contributed by atoms with E-state index >= 15 is 0 Å². The Kier molecular flexibility index (Phi) is 7.33. The SMILES string of the molecule is Cc1ccc2c(c1)CCN(CCN1CCC(OC(=O)Nc3ccccc3-c3ccccc3)CC1)C2=O. The number of fused-ring (bicyclic) bond motifs is 1. The first-order chi connectivity index (χ1) is 17.6. The van der Waals surface area contributed by atoms with Gasteiger partial charge in [-0.3, -0.25) is 10.1 Å². The third-order valence-corrected chi connectivity index (χ3v) is 7.17. The second-order valence-electron chi connectivity index (χ2n) is 9.69. The van der Waals surface area contributed by atoms with E-state index in [2.05, 4.69) is 23.2 Å². The molecule has 2 aliphatic rings. The average molecular weight is 484 g/mol. The number of benzene rings is 3. The van der Waals surface area contributed by atoms with Gasteiger partial charge in [0.1, 0.15) is 6.10 Å². The lowest BCUT2D eigenvalue weighted by Crippen LogP contribution is -2.45. The number of para-hydroxylation sites is 1. The fourth-order valence-corrected chi connectivity index (χ4v) is 5.14. The molecule has 1 fully saturated rings. The fraction of sp³-hybridized carbons (Fsp3) is 0.333. The minimum atomic E-state index is -0.412. The summed E-state index contributed by atoms with van der Waals surface area (Å²) < 4.78 is 5.75. The van der Waals surface area contributed by atoms with Crippen molar-refractivity contribution < 1.29 is 14.3 Å². The smallest absolute Gasteiger partial charge is 0.411 e. The Hall–Kier alpha value is -3.64. The molecule has 6 nitrogen and oxygen atoms in total. The number of hydrogen-bond donors (Lipinski definition) is 1. The fourth-order valence-electron chi connectivity index (χ4n) is 5.14. The van der Waals surface area contributed by atoms with Crippen LogP contribution in [0.3, 0.4) is 0 Å². The molecule has 0 aromatic heterocycles. The summed E-state index contributed by atoms with van der Waals surface area (Å²) in [5, 5.41) is 2.93. The van der Waals surface area contributed by atoms with Crippen LogP contribution in [0.4, 0.5) is 10.5 Å². The lowest BCUT2D eigenvalue weighted by molar-refractivity contribution is 0.0517. The van der Waals surface area contributed by atoms with Gasteiger partial charge in [-0.05, 0) is 49.4 Å². The van der Waals surface area contributed by atoms with E-state index < -0.39 is 6.09 Å². The number of rotatable bonds is 6. The molecular formula is C30H33N3O3. The summed E-state index contributed by atoms with van der Waals surface area (Å²) in [7, 11) is 0. The van der Waals surface area contributed by atoms with Crippen molar-refractivity contribution in [1.29, 1.82) is 0 Å². The molecule has 1 saturated heterocycles. The molecule has 0 spiro atoms.